The molecular weight excluding hydrogens is 502 g/mol. The topological polar surface area (TPSA) is 12.5 Å². The van der Waals surface area contributed by atoms with E-state index in [0.29, 0.717) is 17.4 Å². The van der Waals surface area contributed by atoms with Crippen LogP contribution in [0.2, 0.25) is 5.02 Å². The summed E-state index contributed by atoms with van der Waals surface area (Å²) in [5.41, 5.74) is 1.24. The van der Waals surface area contributed by atoms with E-state index in [1.165, 1.54) is 18.4 Å². The van der Waals surface area contributed by atoms with Crippen molar-refractivity contribution in [1.29, 1.82) is 0 Å². The van der Waals surface area contributed by atoms with Gasteiger partial charge in [-0.2, -0.15) is 13.2 Å². The summed E-state index contributed by atoms with van der Waals surface area (Å²) in [6, 6.07) is 19.9. The molecule has 0 amide bonds. The minimum absolute atomic E-state index is 0.393. The van der Waals surface area contributed by atoms with Crippen molar-refractivity contribution in [2.24, 2.45) is 0 Å². The highest BCUT2D eigenvalue weighted by molar-refractivity contribution is 6.30. The van der Waals surface area contributed by atoms with Crippen LogP contribution in [-0.2, 0) is 6.18 Å². The highest BCUT2D eigenvalue weighted by atomic mass is 35.5. The average Bonchev–Trinajstić information content (AvgIpc) is 2.89. The first-order chi connectivity index (χ1) is 17.8. The van der Waals surface area contributed by atoms with Gasteiger partial charge in [0.25, 0.3) is 0 Å². The number of unbranched alkanes of at least 4 members (excludes halogenated alkanes) is 2. The first kappa shape index (κ1) is 27.5. The fourth-order valence-electron chi connectivity index (χ4n) is 4.95. The van der Waals surface area contributed by atoms with Crippen LogP contribution in [0.4, 0.5) is 17.6 Å². The number of ether oxygens (including phenoxy) is 1. The van der Waals surface area contributed by atoms with E-state index < -0.39 is 29.4 Å². The highest BCUT2D eigenvalue weighted by Crippen LogP contribution is 2.35. The van der Waals surface area contributed by atoms with Crippen molar-refractivity contribution in [2.75, 3.05) is 19.6 Å². The molecule has 3 aromatic carbocycles. The van der Waals surface area contributed by atoms with Crippen molar-refractivity contribution in [3.8, 4) is 5.75 Å². The summed E-state index contributed by atoms with van der Waals surface area (Å²) in [6.07, 6.45) is 0.548. The predicted octanol–water partition coefficient (Wildman–Crippen LogP) is 9.06. The number of nitrogens with zero attached hydrogens (tertiary/aromatic N) is 1. The van der Waals surface area contributed by atoms with Crippen molar-refractivity contribution < 1.29 is 22.3 Å². The molecule has 1 heterocycles. The molecule has 0 spiro atoms. The maximum atomic E-state index is 14.4. The van der Waals surface area contributed by atoms with Crippen molar-refractivity contribution in [3.05, 3.63) is 100 Å². The Labute approximate surface area is 221 Å². The average molecular weight is 534 g/mol. The standard InChI is InChI=1S/C30H32ClF4NO/c31-26-13-10-24(11-14-26)28(37-29-21-25(30(33,34)35)12-15-27(29)32)9-5-2-6-18-36-19-16-23(17-20-36)22-7-3-1-4-8-22/h1,3-4,7-8,10-15,21,23,28H,2,5-6,9,16-20H2. The Morgan fingerprint density at radius 3 is 2.27 bits per heavy atom. The van der Waals surface area contributed by atoms with Gasteiger partial charge in [-0.05, 0) is 99.1 Å². The summed E-state index contributed by atoms with van der Waals surface area (Å²) in [7, 11) is 0. The van der Waals surface area contributed by atoms with Gasteiger partial charge in [-0.1, -0.05) is 60.5 Å². The molecule has 0 radical (unpaired) electrons. The molecule has 1 unspecified atom stereocenters. The van der Waals surface area contributed by atoms with Crippen LogP contribution in [-0.4, -0.2) is 24.5 Å². The lowest BCUT2D eigenvalue weighted by Crippen LogP contribution is -2.33. The van der Waals surface area contributed by atoms with Gasteiger partial charge in [0.2, 0.25) is 0 Å². The molecule has 1 saturated heterocycles. The van der Waals surface area contributed by atoms with Crippen molar-refractivity contribution in [3.63, 3.8) is 0 Å². The Bertz CT molecular complexity index is 1110. The van der Waals surface area contributed by atoms with E-state index in [2.05, 4.69) is 35.2 Å². The lowest BCUT2D eigenvalue weighted by Gasteiger charge is -2.32. The van der Waals surface area contributed by atoms with Gasteiger partial charge in [-0.15, -0.1) is 0 Å². The SMILES string of the molecule is Fc1ccc(C(F)(F)F)cc1OC(CCCCCN1CCC(c2ccccc2)CC1)c1ccc(Cl)cc1. The molecule has 4 rings (SSSR count). The van der Waals surface area contributed by atoms with E-state index in [0.717, 1.165) is 62.7 Å². The van der Waals surface area contributed by atoms with Crippen molar-refractivity contribution in [2.45, 2.75) is 56.7 Å². The minimum Gasteiger partial charge on any atom is -0.483 e. The fraction of sp³-hybridized carbons (Fsp3) is 0.400. The summed E-state index contributed by atoms with van der Waals surface area (Å²) in [5, 5.41) is 0.545. The largest absolute Gasteiger partial charge is 0.483 e. The Morgan fingerprint density at radius 2 is 1.59 bits per heavy atom. The summed E-state index contributed by atoms with van der Waals surface area (Å²) in [6.45, 7) is 3.20. The van der Waals surface area contributed by atoms with E-state index >= 15 is 0 Å². The third kappa shape index (κ3) is 7.96. The molecular formula is C30H32ClF4NO. The molecule has 7 heteroatoms. The monoisotopic (exact) mass is 533 g/mol. The maximum Gasteiger partial charge on any atom is 0.416 e. The summed E-state index contributed by atoms with van der Waals surface area (Å²) >= 11 is 6.01. The number of alkyl halides is 3. The van der Waals surface area contributed by atoms with Gasteiger partial charge in [0.1, 0.15) is 6.10 Å². The molecule has 0 saturated carbocycles. The summed E-state index contributed by atoms with van der Waals surface area (Å²) in [4.78, 5) is 2.50. The number of benzene rings is 3. The highest BCUT2D eigenvalue weighted by Gasteiger charge is 2.32. The van der Waals surface area contributed by atoms with E-state index in [-0.39, 0.29) is 0 Å². The second kappa shape index (κ2) is 12.8. The summed E-state index contributed by atoms with van der Waals surface area (Å²) in [5.74, 6) is -0.576. The van der Waals surface area contributed by atoms with Crippen LogP contribution in [0.5, 0.6) is 5.75 Å². The van der Waals surface area contributed by atoms with Crippen LogP contribution in [0, 0.1) is 5.82 Å². The molecule has 1 aliphatic rings. The zero-order valence-corrected chi connectivity index (χ0v) is 21.4. The minimum atomic E-state index is -4.57. The molecule has 2 nitrogen and oxygen atoms in total. The number of piperidine rings is 1. The van der Waals surface area contributed by atoms with Crippen LogP contribution >= 0.6 is 11.6 Å². The fourth-order valence-corrected chi connectivity index (χ4v) is 5.08. The first-order valence-electron chi connectivity index (χ1n) is 12.9. The summed E-state index contributed by atoms with van der Waals surface area (Å²) < 4.78 is 59.7. The molecule has 0 bridgehead atoms. The molecule has 37 heavy (non-hydrogen) atoms. The third-order valence-corrected chi connectivity index (χ3v) is 7.32. The third-order valence-electron chi connectivity index (χ3n) is 7.07. The lowest BCUT2D eigenvalue weighted by molar-refractivity contribution is -0.137. The molecule has 1 fully saturated rings. The number of rotatable bonds is 10. The van der Waals surface area contributed by atoms with Crippen LogP contribution in [0.25, 0.3) is 0 Å². The Morgan fingerprint density at radius 1 is 0.892 bits per heavy atom. The van der Waals surface area contributed by atoms with E-state index in [4.69, 9.17) is 16.3 Å². The maximum absolute atomic E-state index is 14.4. The quantitative estimate of drug-likeness (QED) is 0.190. The van der Waals surface area contributed by atoms with Crippen molar-refractivity contribution >= 4 is 11.6 Å². The van der Waals surface area contributed by atoms with Crippen LogP contribution in [0.15, 0.2) is 72.8 Å². The molecule has 1 aliphatic heterocycles. The number of hydrogen-bond donors (Lipinski definition) is 0. The van der Waals surface area contributed by atoms with Gasteiger partial charge in [0, 0.05) is 5.02 Å². The van der Waals surface area contributed by atoms with Crippen LogP contribution in [0.1, 0.15) is 67.2 Å². The van der Waals surface area contributed by atoms with Crippen LogP contribution in [0.3, 0.4) is 0 Å². The van der Waals surface area contributed by atoms with E-state index in [9.17, 15) is 17.6 Å². The van der Waals surface area contributed by atoms with Gasteiger partial charge in [0.15, 0.2) is 11.6 Å². The van der Waals surface area contributed by atoms with E-state index in [1.807, 2.05) is 0 Å². The molecule has 198 valence electrons. The second-order valence-electron chi connectivity index (χ2n) is 9.68. The lowest BCUT2D eigenvalue weighted by atomic mass is 9.89. The second-order valence-corrected chi connectivity index (χ2v) is 10.1. The first-order valence-corrected chi connectivity index (χ1v) is 13.2. The zero-order valence-electron chi connectivity index (χ0n) is 20.7. The van der Waals surface area contributed by atoms with Gasteiger partial charge in [-0.25, -0.2) is 4.39 Å². The number of likely N-dealkylation sites (tertiary alicyclic amines) is 1. The molecule has 0 aromatic heterocycles. The van der Waals surface area contributed by atoms with Crippen LogP contribution < -0.4 is 4.74 Å². The molecule has 0 aliphatic carbocycles. The predicted molar refractivity (Wildman–Crippen MR) is 140 cm³/mol. The van der Waals surface area contributed by atoms with E-state index in [1.54, 1.807) is 24.3 Å². The molecule has 1 atom stereocenters. The zero-order chi connectivity index (χ0) is 26.3. The normalized spacial score (nSPS) is 16.0. The Kier molecular flexibility index (Phi) is 9.49. The number of halogens is 5. The van der Waals surface area contributed by atoms with Gasteiger partial charge >= 0.3 is 6.18 Å². The van der Waals surface area contributed by atoms with Crippen molar-refractivity contribution in [1.82, 2.24) is 4.90 Å². The smallest absolute Gasteiger partial charge is 0.416 e. The number of hydrogen-bond acceptors (Lipinski definition) is 2. The Hall–Kier alpha value is -2.57. The molecule has 3 aromatic rings. The van der Waals surface area contributed by atoms with Gasteiger partial charge < -0.3 is 9.64 Å². The Balaban J connectivity index is 1.29. The van der Waals surface area contributed by atoms with Gasteiger partial charge in [0.05, 0.1) is 5.56 Å². The molecule has 0 N–H and O–H groups in total. The van der Waals surface area contributed by atoms with Gasteiger partial charge in [-0.3, -0.25) is 0 Å².